The maximum atomic E-state index is 14.5. The van der Waals surface area contributed by atoms with Crippen molar-refractivity contribution in [1.29, 1.82) is 0 Å². The van der Waals surface area contributed by atoms with E-state index in [0.29, 0.717) is 5.56 Å². The van der Waals surface area contributed by atoms with Gasteiger partial charge in [0.25, 0.3) is 0 Å². The Bertz CT molecular complexity index is 1030. The molecule has 162 valence electrons. The maximum absolute atomic E-state index is 14.5. The lowest BCUT2D eigenvalue weighted by Gasteiger charge is -2.39. The van der Waals surface area contributed by atoms with Crippen molar-refractivity contribution in [3.8, 4) is 0 Å². The molecule has 9 heteroatoms. The molecule has 1 aliphatic heterocycles. The van der Waals surface area contributed by atoms with Crippen molar-refractivity contribution in [2.45, 2.75) is 37.3 Å². The Labute approximate surface area is 173 Å². The van der Waals surface area contributed by atoms with Gasteiger partial charge in [0.2, 0.25) is 5.91 Å². The molecule has 0 radical (unpaired) electrons. The Kier molecular flexibility index (Phi) is 6.52. The summed E-state index contributed by atoms with van der Waals surface area (Å²) in [5.41, 5.74) is 4.93. The molecule has 1 saturated heterocycles. The summed E-state index contributed by atoms with van der Waals surface area (Å²) in [5.74, 6) is -3.68. The van der Waals surface area contributed by atoms with Crippen LogP contribution in [0.3, 0.4) is 0 Å². The number of benzene rings is 2. The van der Waals surface area contributed by atoms with Gasteiger partial charge >= 0.3 is 0 Å². The molecule has 1 amide bonds. The lowest BCUT2D eigenvalue weighted by Crippen LogP contribution is -2.52. The third-order valence-electron chi connectivity index (χ3n) is 5.41. The zero-order valence-corrected chi connectivity index (χ0v) is 17.0. The molecule has 3 N–H and O–H groups in total. The third kappa shape index (κ3) is 5.02. The molecule has 1 heterocycles. The quantitative estimate of drug-likeness (QED) is 0.723. The zero-order valence-electron chi connectivity index (χ0n) is 16.2. The fourth-order valence-electron chi connectivity index (χ4n) is 3.80. The normalized spacial score (nSPS) is 18.5. The molecule has 5 nitrogen and oxygen atoms in total. The Morgan fingerprint density at radius 3 is 2.33 bits per heavy atom. The van der Waals surface area contributed by atoms with Crippen LogP contribution < -0.4 is 11.1 Å². The fraction of sp³-hybridized carbons (Fsp3) is 0.381. The molecule has 1 aliphatic rings. The minimum Gasteiger partial charge on any atom is -0.346 e. The number of carbonyl (C=O) groups excluding carboxylic acids is 1. The van der Waals surface area contributed by atoms with Crippen LogP contribution in [0.2, 0.25) is 0 Å². The number of hydrogen-bond donors (Lipinski definition) is 2. The second-order valence-electron chi connectivity index (χ2n) is 7.64. The monoisotopic (exact) mass is 440 g/mol. The van der Waals surface area contributed by atoms with E-state index in [2.05, 4.69) is 5.32 Å². The first-order valence-electron chi connectivity index (χ1n) is 9.57. The third-order valence-corrected chi connectivity index (χ3v) is 7.07. The van der Waals surface area contributed by atoms with Crippen LogP contribution in [0.5, 0.6) is 0 Å². The Hall–Kier alpha value is -2.39. The molecule has 0 aliphatic carbocycles. The van der Waals surface area contributed by atoms with Crippen LogP contribution in [0.15, 0.2) is 42.5 Å². The topological polar surface area (TPSA) is 89.3 Å². The molecule has 0 bridgehead atoms. The SMILES string of the molecule is N[C@@H](CC(=O)NC1(c2cccc(F)c2F)CCS(=O)(=O)CC1)Cc1ccccc1F. The van der Waals surface area contributed by atoms with E-state index >= 15 is 0 Å². The van der Waals surface area contributed by atoms with Crippen LogP contribution in [0.25, 0.3) is 0 Å². The summed E-state index contributed by atoms with van der Waals surface area (Å²) in [6.07, 6.45) is -0.219. The highest BCUT2D eigenvalue weighted by molar-refractivity contribution is 7.91. The number of halogens is 3. The predicted molar refractivity (Wildman–Crippen MR) is 107 cm³/mol. The van der Waals surface area contributed by atoms with Crippen molar-refractivity contribution in [2.75, 3.05) is 11.5 Å². The first-order chi connectivity index (χ1) is 14.1. The van der Waals surface area contributed by atoms with Gasteiger partial charge in [-0.25, -0.2) is 21.6 Å². The van der Waals surface area contributed by atoms with Gasteiger partial charge in [-0.2, -0.15) is 0 Å². The minimum absolute atomic E-state index is 0.0794. The predicted octanol–water partition coefficient (Wildman–Crippen LogP) is 2.58. The van der Waals surface area contributed by atoms with Crippen LogP contribution in [0.4, 0.5) is 13.2 Å². The zero-order chi connectivity index (χ0) is 21.9. The second kappa shape index (κ2) is 8.77. The van der Waals surface area contributed by atoms with E-state index < -0.39 is 44.8 Å². The molecule has 30 heavy (non-hydrogen) atoms. The number of sulfone groups is 1. The highest BCUT2D eigenvalue weighted by atomic mass is 32.2. The van der Waals surface area contributed by atoms with Crippen LogP contribution >= 0.6 is 0 Å². The summed E-state index contributed by atoms with van der Waals surface area (Å²) < 4.78 is 65.9. The standard InChI is InChI=1S/C21H23F3N2O3S/c22-17-6-2-1-4-14(17)12-15(25)13-19(27)26-21(8-10-30(28,29)11-9-21)16-5-3-7-18(23)20(16)24/h1-7,15H,8-13,25H2,(H,26,27)/t15-/m1/s1. The molecule has 0 spiro atoms. The van der Waals surface area contributed by atoms with E-state index in [1.807, 2.05) is 0 Å². The molecular weight excluding hydrogens is 417 g/mol. The van der Waals surface area contributed by atoms with Gasteiger partial charge in [-0.1, -0.05) is 30.3 Å². The average molecular weight is 440 g/mol. The van der Waals surface area contributed by atoms with Gasteiger partial charge in [0, 0.05) is 18.0 Å². The summed E-state index contributed by atoms with van der Waals surface area (Å²) >= 11 is 0. The van der Waals surface area contributed by atoms with E-state index in [1.54, 1.807) is 18.2 Å². The lowest BCUT2D eigenvalue weighted by atomic mass is 9.83. The lowest BCUT2D eigenvalue weighted by molar-refractivity contribution is -0.123. The molecule has 2 aromatic carbocycles. The molecule has 0 unspecified atom stereocenters. The summed E-state index contributed by atoms with van der Waals surface area (Å²) in [5, 5.41) is 2.70. The van der Waals surface area contributed by atoms with E-state index in [-0.39, 0.29) is 42.8 Å². The molecule has 1 atom stereocenters. The van der Waals surface area contributed by atoms with E-state index in [0.717, 1.165) is 6.07 Å². The van der Waals surface area contributed by atoms with E-state index in [4.69, 9.17) is 5.73 Å². The Balaban J connectivity index is 1.79. The van der Waals surface area contributed by atoms with Crippen molar-refractivity contribution >= 4 is 15.7 Å². The van der Waals surface area contributed by atoms with Crippen LogP contribution in [-0.2, 0) is 26.6 Å². The Morgan fingerprint density at radius 2 is 1.67 bits per heavy atom. The smallest absolute Gasteiger partial charge is 0.222 e. The van der Waals surface area contributed by atoms with Gasteiger partial charge in [-0.3, -0.25) is 4.79 Å². The average Bonchev–Trinajstić information content (AvgIpc) is 2.68. The molecule has 0 aromatic heterocycles. The van der Waals surface area contributed by atoms with Gasteiger partial charge in [0.15, 0.2) is 21.5 Å². The molecule has 0 saturated carbocycles. The van der Waals surface area contributed by atoms with E-state index in [1.165, 1.54) is 18.2 Å². The molecule has 3 rings (SSSR count). The minimum atomic E-state index is -3.32. The van der Waals surface area contributed by atoms with Crippen molar-refractivity contribution in [2.24, 2.45) is 5.73 Å². The Morgan fingerprint density at radius 1 is 1.03 bits per heavy atom. The number of amides is 1. The molecular formula is C21H23F3N2O3S. The largest absolute Gasteiger partial charge is 0.346 e. The second-order valence-corrected chi connectivity index (χ2v) is 9.95. The fourth-order valence-corrected chi connectivity index (χ4v) is 5.32. The van der Waals surface area contributed by atoms with Gasteiger partial charge in [0.1, 0.15) is 5.82 Å². The first kappa shape index (κ1) is 22.3. The maximum Gasteiger partial charge on any atom is 0.222 e. The van der Waals surface area contributed by atoms with Crippen LogP contribution in [0, 0.1) is 17.5 Å². The number of nitrogens with one attached hydrogen (secondary N) is 1. The van der Waals surface area contributed by atoms with Gasteiger partial charge in [-0.15, -0.1) is 0 Å². The van der Waals surface area contributed by atoms with Crippen LogP contribution in [0.1, 0.15) is 30.4 Å². The van der Waals surface area contributed by atoms with Crippen molar-refractivity contribution in [3.05, 3.63) is 71.0 Å². The number of nitrogens with two attached hydrogens (primary N) is 1. The summed E-state index contributed by atoms with van der Waals surface area (Å²) in [6, 6.07) is 8.99. The summed E-state index contributed by atoms with van der Waals surface area (Å²) in [7, 11) is -3.32. The van der Waals surface area contributed by atoms with Crippen LogP contribution in [-0.4, -0.2) is 31.9 Å². The molecule has 1 fully saturated rings. The van der Waals surface area contributed by atoms with Gasteiger partial charge in [0.05, 0.1) is 17.0 Å². The van der Waals surface area contributed by atoms with Crippen molar-refractivity contribution in [1.82, 2.24) is 5.32 Å². The highest BCUT2D eigenvalue weighted by Crippen LogP contribution is 2.36. The highest BCUT2D eigenvalue weighted by Gasteiger charge is 2.42. The van der Waals surface area contributed by atoms with E-state index in [9.17, 15) is 26.4 Å². The number of rotatable bonds is 6. The van der Waals surface area contributed by atoms with Crippen molar-refractivity contribution < 1.29 is 26.4 Å². The first-order valence-corrected chi connectivity index (χ1v) is 11.4. The number of carbonyl (C=O) groups is 1. The number of hydrogen-bond acceptors (Lipinski definition) is 4. The summed E-state index contributed by atoms with van der Waals surface area (Å²) in [4.78, 5) is 12.7. The molecule has 2 aromatic rings. The van der Waals surface area contributed by atoms with Gasteiger partial charge in [-0.05, 0) is 37.0 Å². The summed E-state index contributed by atoms with van der Waals surface area (Å²) in [6.45, 7) is 0. The van der Waals surface area contributed by atoms with Gasteiger partial charge < -0.3 is 11.1 Å². The van der Waals surface area contributed by atoms with Crippen molar-refractivity contribution in [3.63, 3.8) is 0 Å².